The average Bonchev–Trinajstić information content (AvgIpc) is 2.24. The number of aromatic nitrogens is 1. The molecule has 0 amide bonds. The van der Waals surface area contributed by atoms with Crippen LogP contribution in [-0.4, -0.2) is 4.98 Å². The van der Waals surface area contributed by atoms with E-state index in [2.05, 4.69) is 4.98 Å². The fraction of sp³-hybridized carbons (Fsp3) is 0. The molecule has 4 heteroatoms. The first kappa shape index (κ1) is 9.80. The topological polar surface area (TPSA) is 48.1 Å². The third-order valence-corrected chi connectivity index (χ3v) is 2.06. The zero-order valence-corrected chi connectivity index (χ0v) is 8.61. The standard InChI is InChI=1S/C11H9ClN2O/c12-10-6-8(13)7-14-11(10)15-9-4-2-1-3-5-9/h1-7H,13H2. The summed E-state index contributed by atoms with van der Waals surface area (Å²) in [6, 6.07) is 10.9. The number of halogens is 1. The van der Waals surface area contributed by atoms with Gasteiger partial charge in [0.25, 0.3) is 0 Å². The lowest BCUT2D eigenvalue weighted by molar-refractivity contribution is 0.463. The molecule has 0 unspecified atom stereocenters. The van der Waals surface area contributed by atoms with Gasteiger partial charge in [-0.3, -0.25) is 0 Å². The number of hydrogen-bond donors (Lipinski definition) is 1. The lowest BCUT2D eigenvalue weighted by atomic mass is 10.3. The van der Waals surface area contributed by atoms with Crippen LogP contribution < -0.4 is 10.5 Å². The van der Waals surface area contributed by atoms with Crippen LogP contribution in [0.3, 0.4) is 0 Å². The Hall–Kier alpha value is -1.74. The Morgan fingerprint density at radius 2 is 1.93 bits per heavy atom. The third-order valence-electron chi connectivity index (χ3n) is 1.79. The maximum atomic E-state index is 5.91. The largest absolute Gasteiger partial charge is 0.438 e. The second kappa shape index (κ2) is 4.19. The minimum Gasteiger partial charge on any atom is -0.438 e. The van der Waals surface area contributed by atoms with Gasteiger partial charge in [0.1, 0.15) is 10.8 Å². The molecule has 76 valence electrons. The lowest BCUT2D eigenvalue weighted by Gasteiger charge is -2.05. The van der Waals surface area contributed by atoms with Crippen LogP contribution in [0.25, 0.3) is 0 Å². The van der Waals surface area contributed by atoms with Crippen molar-refractivity contribution in [3.8, 4) is 11.6 Å². The highest BCUT2D eigenvalue weighted by atomic mass is 35.5. The molecule has 1 aromatic carbocycles. The first-order chi connectivity index (χ1) is 7.25. The van der Waals surface area contributed by atoms with E-state index in [0.717, 1.165) is 0 Å². The highest BCUT2D eigenvalue weighted by Crippen LogP contribution is 2.27. The molecule has 0 radical (unpaired) electrons. The summed E-state index contributed by atoms with van der Waals surface area (Å²) in [6.45, 7) is 0. The highest BCUT2D eigenvalue weighted by Gasteiger charge is 2.04. The van der Waals surface area contributed by atoms with Crippen molar-refractivity contribution in [3.05, 3.63) is 47.6 Å². The van der Waals surface area contributed by atoms with Gasteiger partial charge < -0.3 is 10.5 Å². The summed E-state index contributed by atoms with van der Waals surface area (Å²) < 4.78 is 5.47. The van der Waals surface area contributed by atoms with E-state index in [1.807, 2.05) is 30.3 Å². The number of nitrogen functional groups attached to an aromatic ring is 1. The Balaban J connectivity index is 2.25. The van der Waals surface area contributed by atoms with E-state index in [1.54, 1.807) is 6.07 Å². The number of para-hydroxylation sites is 1. The van der Waals surface area contributed by atoms with Crippen molar-refractivity contribution in [2.24, 2.45) is 0 Å². The number of anilines is 1. The molecule has 2 rings (SSSR count). The van der Waals surface area contributed by atoms with Crippen LogP contribution in [0.5, 0.6) is 11.6 Å². The van der Waals surface area contributed by atoms with Gasteiger partial charge >= 0.3 is 0 Å². The quantitative estimate of drug-likeness (QED) is 0.846. The molecule has 0 aliphatic heterocycles. The maximum Gasteiger partial charge on any atom is 0.238 e. The Labute approximate surface area is 92.5 Å². The monoisotopic (exact) mass is 220 g/mol. The molecule has 0 aliphatic carbocycles. The number of rotatable bonds is 2. The zero-order chi connectivity index (χ0) is 10.7. The molecule has 0 spiro atoms. The number of nitrogens with two attached hydrogens (primary N) is 1. The van der Waals surface area contributed by atoms with E-state index >= 15 is 0 Å². The molecule has 2 aromatic rings. The predicted octanol–water partition coefficient (Wildman–Crippen LogP) is 3.11. The van der Waals surface area contributed by atoms with Crippen molar-refractivity contribution in [2.75, 3.05) is 5.73 Å². The van der Waals surface area contributed by atoms with Crippen LogP contribution >= 0.6 is 11.6 Å². The first-order valence-corrected chi connectivity index (χ1v) is 4.77. The third kappa shape index (κ3) is 2.39. The molecule has 15 heavy (non-hydrogen) atoms. The van der Waals surface area contributed by atoms with Crippen molar-refractivity contribution < 1.29 is 4.74 Å². The van der Waals surface area contributed by atoms with Crippen LogP contribution in [0.15, 0.2) is 42.6 Å². The van der Waals surface area contributed by atoms with E-state index in [1.165, 1.54) is 6.20 Å². The maximum absolute atomic E-state index is 5.91. The molecule has 1 heterocycles. The fourth-order valence-electron chi connectivity index (χ4n) is 1.12. The molecule has 0 fully saturated rings. The van der Waals surface area contributed by atoms with Gasteiger partial charge in [-0.1, -0.05) is 29.8 Å². The van der Waals surface area contributed by atoms with Crippen LogP contribution in [-0.2, 0) is 0 Å². The summed E-state index contributed by atoms with van der Waals surface area (Å²) in [7, 11) is 0. The van der Waals surface area contributed by atoms with Crippen LogP contribution in [0, 0.1) is 0 Å². The Morgan fingerprint density at radius 1 is 1.20 bits per heavy atom. The van der Waals surface area contributed by atoms with Crippen LogP contribution in [0.4, 0.5) is 5.69 Å². The molecular weight excluding hydrogens is 212 g/mol. The van der Waals surface area contributed by atoms with Gasteiger partial charge in [0.2, 0.25) is 5.88 Å². The second-order valence-corrected chi connectivity index (χ2v) is 3.38. The van der Waals surface area contributed by atoms with Gasteiger partial charge in [0.15, 0.2) is 0 Å². The number of ether oxygens (including phenoxy) is 1. The Kier molecular flexibility index (Phi) is 2.74. The van der Waals surface area contributed by atoms with Gasteiger partial charge in [0.05, 0.1) is 11.9 Å². The molecule has 3 nitrogen and oxygen atoms in total. The van der Waals surface area contributed by atoms with Gasteiger partial charge in [-0.05, 0) is 18.2 Å². The van der Waals surface area contributed by atoms with E-state index < -0.39 is 0 Å². The number of hydrogen-bond acceptors (Lipinski definition) is 3. The average molecular weight is 221 g/mol. The zero-order valence-electron chi connectivity index (χ0n) is 7.85. The van der Waals surface area contributed by atoms with Crippen LogP contribution in [0.1, 0.15) is 0 Å². The molecule has 0 aliphatic rings. The van der Waals surface area contributed by atoms with Gasteiger partial charge in [0, 0.05) is 0 Å². The smallest absolute Gasteiger partial charge is 0.238 e. The van der Waals surface area contributed by atoms with Crippen molar-refractivity contribution in [1.29, 1.82) is 0 Å². The summed E-state index contributed by atoms with van der Waals surface area (Å²) >= 11 is 5.91. The Morgan fingerprint density at radius 3 is 2.60 bits per heavy atom. The molecule has 0 saturated carbocycles. The van der Waals surface area contributed by atoms with E-state index in [4.69, 9.17) is 22.1 Å². The van der Waals surface area contributed by atoms with Crippen molar-refractivity contribution in [3.63, 3.8) is 0 Å². The minimum absolute atomic E-state index is 0.358. The second-order valence-electron chi connectivity index (χ2n) is 2.97. The predicted molar refractivity (Wildman–Crippen MR) is 60.2 cm³/mol. The number of benzene rings is 1. The van der Waals surface area contributed by atoms with E-state index in [9.17, 15) is 0 Å². The molecule has 2 N–H and O–H groups in total. The van der Waals surface area contributed by atoms with Gasteiger partial charge in [-0.2, -0.15) is 0 Å². The van der Waals surface area contributed by atoms with E-state index in [0.29, 0.717) is 22.3 Å². The van der Waals surface area contributed by atoms with Crippen molar-refractivity contribution >= 4 is 17.3 Å². The normalized spacial score (nSPS) is 9.93. The summed E-state index contributed by atoms with van der Waals surface area (Å²) in [4.78, 5) is 3.99. The minimum atomic E-state index is 0.358. The van der Waals surface area contributed by atoms with Crippen LogP contribution in [0.2, 0.25) is 5.02 Å². The molecule has 0 atom stereocenters. The van der Waals surface area contributed by atoms with Crippen molar-refractivity contribution in [2.45, 2.75) is 0 Å². The van der Waals surface area contributed by atoms with E-state index in [-0.39, 0.29) is 0 Å². The fourth-order valence-corrected chi connectivity index (χ4v) is 1.33. The number of nitrogens with zero attached hydrogens (tertiary/aromatic N) is 1. The summed E-state index contributed by atoms with van der Waals surface area (Å²) in [5.41, 5.74) is 6.03. The first-order valence-electron chi connectivity index (χ1n) is 4.39. The lowest BCUT2D eigenvalue weighted by Crippen LogP contribution is -1.91. The highest BCUT2D eigenvalue weighted by molar-refractivity contribution is 6.32. The molecule has 0 saturated heterocycles. The molecule has 1 aromatic heterocycles. The summed E-state index contributed by atoms with van der Waals surface area (Å²) in [5, 5.41) is 0.402. The number of pyridine rings is 1. The van der Waals surface area contributed by atoms with Crippen molar-refractivity contribution in [1.82, 2.24) is 4.98 Å². The van der Waals surface area contributed by atoms with Gasteiger partial charge in [-0.15, -0.1) is 0 Å². The summed E-state index contributed by atoms with van der Waals surface area (Å²) in [5.74, 6) is 1.05. The SMILES string of the molecule is Nc1cnc(Oc2ccccc2)c(Cl)c1. The molecular formula is C11H9ClN2O. The molecule has 0 bridgehead atoms. The Bertz CT molecular complexity index is 459. The van der Waals surface area contributed by atoms with Gasteiger partial charge in [-0.25, -0.2) is 4.98 Å². The summed E-state index contributed by atoms with van der Waals surface area (Å²) in [6.07, 6.45) is 1.50.